The van der Waals surface area contributed by atoms with Crippen molar-refractivity contribution >= 4 is 27.6 Å². The second-order valence-corrected chi connectivity index (χ2v) is 6.50. The van der Waals surface area contributed by atoms with E-state index in [9.17, 15) is 17.6 Å². The number of aliphatic carboxylic acids is 1. The molecule has 0 spiro atoms. The lowest BCUT2D eigenvalue weighted by Crippen LogP contribution is -2.26. The van der Waals surface area contributed by atoms with Crippen LogP contribution in [0.2, 0.25) is 5.02 Å². The van der Waals surface area contributed by atoms with E-state index >= 15 is 0 Å². The maximum Gasteiger partial charge on any atom is 0.306 e. The van der Waals surface area contributed by atoms with E-state index < -0.39 is 27.7 Å². The lowest BCUT2D eigenvalue weighted by atomic mass is 10.1. The van der Waals surface area contributed by atoms with Crippen LogP contribution >= 0.6 is 11.6 Å². The summed E-state index contributed by atoms with van der Waals surface area (Å²) in [6.45, 7) is 1.60. The fourth-order valence-electron chi connectivity index (χ4n) is 1.50. The van der Waals surface area contributed by atoms with Crippen molar-refractivity contribution in [2.24, 2.45) is 5.92 Å². The van der Waals surface area contributed by atoms with Crippen LogP contribution < -0.4 is 4.72 Å². The van der Waals surface area contributed by atoms with Crippen molar-refractivity contribution < 1.29 is 22.7 Å². The Labute approximate surface area is 121 Å². The number of hydrogen-bond donors (Lipinski definition) is 2. The number of halogens is 2. The van der Waals surface area contributed by atoms with Gasteiger partial charge in [-0.05, 0) is 31.0 Å². The molecule has 0 aliphatic heterocycles. The van der Waals surface area contributed by atoms with E-state index in [-0.39, 0.29) is 16.5 Å². The van der Waals surface area contributed by atoms with E-state index in [1.54, 1.807) is 6.92 Å². The van der Waals surface area contributed by atoms with E-state index in [0.29, 0.717) is 12.8 Å². The van der Waals surface area contributed by atoms with Gasteiger partial charge in [-0.1, -0.05) is 18.5 Å². The molecule has 1 unspecified atom stereocenters. The summed E-state index contributed by atoms with van der Waals surface area (Å²) in [6.07, 6.45) is 0.703. The van der Waals surface area contributed by atoms with Gasteiger partial charge in [0.05, 0.1) is 10.9 Å². The van der Waals surface area contributed by atoms with Crippen molar-refractivity contribution in [2.75, 3.05) is 6.54 Å². The fraction of sp³-hybridized carbons (Fsp3) is 0.417. The molecule has 2 N–H and O–H groups in total. The second-order valence-electron chi connectivity index (χ2n) is 4.35. The number of benzene rings is 1. The minimum Gasteiger partial charge on any atom is -0.481 e. The topological polar surface area (TPSA) is 83.5 Å². The number of sulfonamides is 1. The highest BCUT2D eigenvalue weighted by Gasteiger charge is 2.18. The van der Waals surface area contributed by atoms with E-state index in [2.05, 4.69) is 4.72 Å². The fourth-order valence-corrected chi connectivity index (χ4v) is 3.08. The Morgan fingerprint density at radius 3 is 2.75 bits per heavy atom. The average molecular weight is 324 g/mol. The smallest absolute Gasteiger partial charge is 0.306 e. The summed E-state index contributed by atoms with van der Waals surface area (Å²) in [6, 6.07) is 3.07. The predicted molar refractivity (Wildman–Crippen MR) is 72.6 cm³/mol. The van der Waals surface area contributed by atoms with Crippen LogP contribution in [-0.4, -0.2) is 26.0 Å². The first kappa shape index (κ1) is 16.9. The predicted octanol–water partition coefficient (Wildman–Crippen LogP) is 2.26. The molecule has 0 aliphatic carbocycles. The summed E-state index contributed by atoms with van der Waals surface area (Å²) in [5.74, 6) is -2.17. The number of carboxylic acid groups (broad SMARTS) is 1. The highest BCUT2D eigenvalue weighted by Crippen LogP contribution is 2.21. The van der Waals surface area contributed by atoms with Crippen LogP contribution in [0.1, 0.15) is 19.8 Å². The Hall–Kier alpha value is -1.18. The largest absolute Gasteiger partial charge is 0.481 e. The number of nitrogens with one attached hydrogen (secondary N) is 1. The third-order valence-corrected chi connectivity index (χ3v) is 4.65. The van der Waals surface area contributed by atoms with E-state index in [1.165, 1.54) is 0 Å². The van der Waals surface area contributed by atoms with Gasteiger partial charge in [0.2, 0.25) is 10.0 Å². The van der Waals surface area contributed by atoms with Crippen molar-refractivity contribution in [3.63, 3.8) is 0 Å². The van der Waals surface area contributed by atoms with Gasteiger partial charge in [0.25, 0.3) is 0 Å². The minimum absolute atomic E-state index is 0.0623. The van der Waals surface area contributed by atoms with Crippen LogP contribution in [0.15, 0.2) is 23.1 Å². The molecule has 1 atom stereocenters. The van der Waals surface area contributed by atoms with Gasteiger partial charge in [-0.25, -0.2) is 17.5 Å². The number of carbonyl (C=O) groups is 1. The van der Waals surface area contributed by atoms with Gasteiger partial charge < -0.3 is 5.11 Å². The van der Waals surface area contributed by atoms with Crippen molar-refractivity contribution in [1.82, 2.24) is 4.72 Å². The zero-order chi connectivity index (χ0) is 15.3. The monoisotopic (exact) mass is 323 g/mol. The van der Waals surface area contributed by atoms with E-state index in [4.69, 9.17) is 16.7 Å². The molecule has 0 saturated carbocycles. The van der Waals surface area contributed by atoms with Crippen molar-refractivity contribution in [2.45, 2.75) is 24.7 Å². The molecule has 5 nitrogen and oxygen atoms in total. The number of rotatable bonds is 7. The van der Waals surface area contributed by atoms with Crippen LogP contribution in [0.25, 0.3) is 0 Å². The molecular formula is C12H15ClFNO4S. The summed E-state index contributed by atoms with van der Waals surface area (Å²) in [7, 11) is -3.90. The summed E-state index contributed by atoms with van der Waals surface area (Å²) in [5.41, 5.74) is 0. The Balaban J connectivity index is 2.62. The first-order valence-corrected chi connectivity index (χ1v) is 7.77. The van der Waals surface area contributed by atoms with Gasteiger partial charge in [-0.15, -0.1) is 0 Å². The highest BCUT2D eigenvalue weighted by atomic mass is 35.5. The Bertz CT molecular complexity index is 591. The van der Waals surface area contributed by atoms with Crippen molar-refractivity contribution in [3.05, 3.63) is 29.0 Å². The molecule has 112 valence electrons. The van der Waals surface area contributed by atoms with Crippen LogP contribution in [-0.2, 0) is 14.8 Å². The normalized spacial score (nSPS) is 13.2. The molecule has 0 aliphatic rings. The highest BCUT2D eigenvalue weighted by molar-refractivity contribution is 7.89. The molecule has 20 heavy (non-hydrogen) atoms. The Kier molecular flexibility index (Phi) is 5.91. The van der Waals surface area contributed by atoms with Gasteiger partial charge in [-0.2, -0.15) is 0 Å². The molecule has 8 heteroatoms. The van der Waals surface area contributed by atoms with Crippen LogP contribution in [0.3, 0.4) is 0 Å². The summed E-state index contributed by atoms with van der Waals surface area (Å²) >= 11 is 5.72. The molecule has 0 heterocycles. The molecule has 0 radical (unpaired) electrons. The number of carboxylic acids is 1. The van der Waals surface area contributed by atoms with Gasteiger partial charge in [-0.3, -0.25) is 4.79 Å². The van der Waals surface area contributed by atoms with Crippen molar-refractivity contribution in [3.8, 4) is 0 Å². The summed E-state index contributed by atoms with van der Waals surface area (Å²) in [5, 5.41) is 8.62. The molecular weight excluding hydrogens is 309 g/mol. The first-order valence-electron chi connectivity index (χ1n) is 5.91. The number of hydrogen-bond acceptors (Lipinski definition) is 3. The van der Waals surface area contributed by atoms with Gasteiger partial charge in [0, 0.05) is 6.54 Å². The molecule has 0 bridgehead atoms. The van der Waals surface area contributed by atoms with Gasteiger partial charge in [0.15, 0.2) is 0 Å². The van der Waals surface area contributed by atoms with Crippen LogP contribution in [0.5, 0.6) is 0 Å². The molecule has 0 fully saturated rings. The van der Waals surface area contributed by atoms with Gasteiger partial charge in [0.1, 0.15) is 10.7 Å². The van der Waals surface area contributed by atoms with Crippen molar-refractivity contribution in [1.29, 1.82) is 0 Å². The maximum absolute atomic E-state index is 13.0. The second kappa shape index (κ2) is 7.01. The third kappa shape index (κ3) is 4.73. The summed E-state index contributed by atoms with van der Waals surface area (Å²) < 4.78 is 39.1. The van der Waals surface area contributed by atoms with E-state index in [0.717, 1.165) is 18.2 Å². The molecule has 1 rings (SSSR count). The maximum atomic E-state index is 13.0. The molecule has 0 amide bonds. The van der Waals surface area contributed by atoms with Gasteiger partial charge >= 0.3 is 5.97 Å². The third-order valence-electron chi connectivity index (χ3n) is 2.71. The van der Waals surface area contributed by atoms with E-state index in [1.807, 2.05) is 0 Å². The molecule has 0 saturated heterocycles. The Morgan fingerprint density at radius 2 is 2.15 bits per heavy atom. The minimum atomic E-state index is -3.90. The van der Waals surface area contributed by atoms with Crippen LogP contribution in [0.4, 0.5) is 4.39 Å². The quantitative estimate of drug-likeness (QED) is 0.754. The van der Waals surface area contributed by atoms with Crippen LogP contribution in [0, 0.1) is 11.7 Å². The standard InChI is InChI=1S/C12H15ClFNO4S/c1-8(12(16)17)3-2-6-15-20(18,19)11-7-9(14)4-5-10(11)13/h4-5,7-8,15H,2-3,6H2,1H3,(H,16,17). The lowest BCUT2D eigenvalue weighted by molar-refractivity contribution is -0.141. The zero-order valence-corrected chi connectivity index (χ0v) is 12.3. The molecule has 0 aromatic heterocycles. The Morgan fingerprint density at radius 1 is 1.50 bits per heavy atom. The molecule has 1 aromatic carbocycles. The molecule has 1 aromatic rings. The summed E-state index contributed by atoms with van der Waals surface area (Å²) in [4.78, 5) is 10.3. The lowest BCUT2D eigenvalue weighted by Gasteiger charge is -2.09. The average Bonchev–Trinajstić information content (AvgIpc) is 2.37. The zero-order valence-electron chi connectivity index (χ0n) is 10.8. The first-order chi connectivity index (χ1) is 9.24. The SMILES string of the molecule is CC(CCCNS(=O)(=O)c1cc(F)ccc1Cl)C(=O)O.